The number of H-pyrrole nitrogens is 1. The number of carbonyl (C=O) groups excluding carboxylic acids is 2. The highest BCUT2D eigenvalue weighted by Gasteiger charge is 2.49. The average molecular weight is 412 g/mol. The number of imide groups is 1. The summed E-state index contributed by atoms with van der Waals surface area (Å²) in [5, 5.41) is 11.4. The molecule has 0 aliphatic carbocycles. The number of aliphatic imine (C=N–C) groups is 1. The number of amides is 3. The quantitative estimate of drug-likeness (QED) is 0.653. The van der Waals surface area contributed by atoms with Crippen molar-refractivity contribution in [3.63, 3.8) is 0 Å². The summed E-state index contributed by atoms with van der Waals surface area (Å²) >= 11 is 1.28. The molecular formula is C17H16N8O3S. The normalized spacial score (nSPS) is 21.5. The molecule has 2 aliphatic rings. The van der Waals surface area contributed by atoms with E-state index in [0.29, 0.717) is 22.1 Å². The van der Waals surface area contributed by atoms with Crippen molar-refractivity contribution < 1.29 is 14.0 Å². The van der Waals surface area contributed by atoms with Crippen LogP contribution in [0.15, 0.2) is 38.8 Å². The molecule has 1 saturated heterocycles. The van der Waals surface area contributed by atoms with Crippen LogP contribution in [0.5, 0.6) is 0 Å². The van der Waals surface area contributed by atoms with Crippen LogP contribution in [-0.4, -0.2) is 66.3 Å². The Morgan fingerprint density at radius 3 is 2.83 bits per heavy atom. The van der Waals surface area contributed by atoms with Crippen LogP contribution in [0, 0.1) is 6.92 Å². The second-order valence-corrected chi connectivity index (χ2v) is 7.64. The van der Waals surface area contributed by atoms with Crippen LogP contribution in [0.2, 0.25) is 0 Å². The standard InChI is InChI=1S/C17H16N8O3S/c1-8-22-23-11(28-8)7-25-12-13(24(2)16(27)21-14(12)26)20-17(25)29-15-18-9-5-3-4-6-10(9)19-15/h3-6,12-13H,7H2,1-2H3,(H,18,19)(H,21,26,27). The van der Waals surface area contributed by atoms with Crippen molar-refractivity contribution in [3.05, 3.63) is 36.0 Å². The monoisotopic (exact) mass is 412 g/mol. The van der Waals surface area contributed by atoms with E-state index in [-0.39, 0.29) is 6.54 Å². The van der Waals surface area contributed by atoms with Gasteiger partial charge in [-0.25, -0.2) is 14.8 Å². The largest absolute Gasteiger partial charge is 0.424 e. The zero-order chi connectivity index (χ0) is 20.1. The number of hydrogen-bond acceptors (Lipinski definition) is 9. The molecule has 0 bridgehead atoms. The predicted molar refractivity (Wildman–Crippen MR) is 103 cm³/mol. The minimum atomic E-state index is -0.697. The number of likely N-dealkylation sites (N-methyl/N-ethyl adjacent to an activating group) is 1. The van der Waals surface area contributed by atoms with Crippen molar-refractivity contribution >= 4 is 39.9 Å². The zero-order valence-corrected chi connectivity index (χ0v) is 16.3. The third kappa shape index (κ3) is 3.01. The van der Waals surface area contributed by atoms with E-state index in [1.807, 2.05) is 24.3 Å². The highest BCUT2D eigenvalue weighted by atomic mass is 32.2. The van der Waals surface area contributed by atoms with Crippen LogP contribution in [0.1, 0.15) is 11.8 Å². The van der Waals surface area contributed by atoms with Gasteiger partial charge in [0.05, 0.1) is 17.6 Å². The molecule has 29 heavy (non-hydrogen) atoms. The Balaban J connectivity index is 1.50. The van der Waals surface area contributed by atoms with Crippen molar-refractivity contribution in [2.24, 2.45) is 4.99 Å². The summed E-state index contributed by atoms with van der Waals surface area (Å²) < 4.78 is 5.49. The second-order valence-electron chi connectivity index (χ2n) is 6.68. The van der Waals surface area contributed by atoms with E-state index in [4.69, 9.17) is 4.42 Å². The SMILES string of the molecule is Cc1nnc(CN2C(Sc3nc4ccccc4[nH]3)=NC3C2C(=O)NC(=O)N3C)o1. The number of fused-ring (bicyclic) bond motifs is 2. The molecule has 148 valence electrons. The third-order valence-electron chi connectivity index (χ3n) is 4.75. The first kappa shape index (κ1) is 17.7. The lowest BCUT2D eigenvalue weighted by Crippen LogP contribution is -2.63. The minimum absolute atomic E-state index is 0.184. The molecule has 0 saturated carbocycles. The molecule has 2 aromatic heterocycles. The van der Waals surface area contributed by atoms with Gasteiger partial charge in [-0.3, -0.25) is 10.1 Å². The van der Waals surface area contributed by atoms with Crippen LogP contribution in [0.3, 0.4) is 0 Å². The summed E-state index contributed by atoms with van der Waals surface area (Å²) in [6, 6.07) is 6.49. The number of aromatic amines is 1. The third-order valence-corrected chi connectivity index (χ3v) is 5.66. The van der Waals surface area contributed by atoms with Crippen molar-refractivity contribution in [2.75, 3.05) is 7.05 Å². The number of imidazole rings is 1. The summed E-state index contributed by atoms with van der Waals surface area (Å²) in [6.45, 7) is 1.88. The molecule has 2 atom stereocenters. The molecule has 3 aromatic rings. The van der Waals surface area contributed by atoms with E-state index in [0.717, 1.165) is 11.0 Å². The number of benzene rings is 1. The van der Waals surface area contributed by atoms with Gasteiger partial charge in [0.25, 0.3) is 5.91 Å². The lowest BCUT2D eigenvalue weighted by Gasteiger charge is -2.35. The number of aromatic nitrogens is 4. The Bertz CT molecular complexity index is 1120. The van der Waals surface area contributed by atoms with Gasteiger partial charge in [0.1, 0.15) is 0 Å². The Morgan fingerprint density at radius 2 is 2.07 bits per heavy atom. The van der Waals surface area contributed by atoms with E-state index < -0.39 is 24.1 Å². The lowest BCUT2D eigenvalue weighted by atomic mass is 10.1. The molecule has 3 amide bonds. The molecule has 2 unspecified atom stereocenters. The molecule has 2 aliphatic heterocycles. The van der Waals surface area contributed by atoms with Crippen LogP contribution in [-0.2, 0) is 11.3 Å². The summed E-state index contributed by atoms with van der Waals surface area (Å²) in [4.78, 5) is 40.2. The molecular weight excluding hydrogens is 396 g/mol. The number of amidine groups is 1. The number of aryl methyl sites for hydroxylation is 1. The zero-order valence-electron chi connectivity index (χ0n) is 15.5. The molecule has 1 aromatic carbocycles. The molecule has 12 heteroatoms. The molecule has 4 heterocycles. The van der Waals surface area contributed by atoms with Crippen molar-refractivity contribution in [1.29, 1.82) is 0 Å². The maximum atomic E-state index is 12.6. The molecule has 2 N–H and O–H groups in total. The highest BCUT2D eigenvalue weighted by molar-refractivity contribution is 8.13. The van der Waals surface area contributed by atoms with Gasteiger partial charge in [0, 0.05) is 14.0 Å². The van der Waals surface area contributed by atoms with E-state index >= 15 is 0 Å². The summed E-state index contributed by atoms with van der Waals surface area (Å²) in [5.74, 6) is 0.367. The van der Waals surface area contributed by atoms with Crippen molar-refractivity contribution in [3.8, 4) is 0 Å². The van der Waals surface area contributed by atoms with Crippen LogP contribution in [0.4, 0.5) is 4.79 Å². The Labute approximate surface area is 168 Å². The molecule has 0 radical (unpaired) electrons. The first-order valence-electron chi connectivity index (χ1n) is 8.83. The predicted octanol–water partition coefficient (Wildman–Crippen LogP) is 1.09. The summed E-state index contributed by atoms with van der Waals surface area (Å²) in [6.07, 6.45) is -0.646. The van der Waals surface area contributed by atoms with Gasteiger partial charge in [0.15, 0.2) is 22.5 Å². The fourth-order valence-electron chi connectivity index (χ4n) is 3.36. The number of nitrogens with one attached hydrogen (secondary N) is 2. The maximum Gasteiger partial charge on any atom is 0.325 e. The minimum Gasteiger partial charge on any atom is -0.424 e. The number of thioether (sulfide) groups is 1. The first-order valence-corrected chi connectivity index (χ1v) is 9.65. The number of urea groups is 1. The van der Waals surface area contributed by atoms with Gasteiger partial charge in [-0.2, -0.15) is 0 Å². The number of para-hydroxylation sites is 2. The first-order chi connectivity index (χ1) is 14.0. The fraction of sp³-hybridized carbons (Fsp3) is 0.294. The van der Waals surface area contributed by atoms with E-state index in [2.05, 4.69) is 30.5 Å². The molecule has 11 nitrogen and oxygen atoms in total. The Kier molecular flexibility index (Phi) is 4.01. The van der Waals surface area contributed by atoms with Gasteiger partial charge in [0.2, 0.25) is 11.8 Å². The summed E-state index contributed by atoms with van der Waals surface area (Å²) in [7, 11) is 1.60. The van der Waals surface area contributed by atoms with Crippen molar-refractivity contribution in [1.82, 2.24) is 35.3 Å². The van der Waals surface area contributed by atoms with E-state index in [1.54, 1.807) is 18.9 Å². The van der Waals surface area contributed by atoms with Gasteiger partial charge in [-0.05, 0) is 23.9 Å². The van der Waals surface area contributed by atoms with Gasteiger partial charge < -0.3 is 19.2 Å². The maximum absolute atomic E-state index is 12.6. The lowest BCUT2D eigenvalue weighted by molar-refractivity contribution is -0.127. The second kappa shape index (κ2) is 6.58. The van der Waals surface area contributed by atoms with Gasteiger partial charge >= 0.3 is 6.03 Å². The topological polar surface area (TPSA) is 133 Å². The van der Waals surface area contributed by atoms with Crippen LogP contribution >= 0.6 is 11.8 Å². The fourth-order valence-corrected chi connectivity index (χ4v) is 4.30. The van der Waals surface area contributed by atoms with Gasteiger partial charge in [-0.1, -0.05) is 12.1 Å². The average Bonchev–Trinajstić information content (AvgIpc) is 3.38. The summed E-state index contributed by atoms with van der Waals surface area (Å²) in [5.41, 5.74) is 1.73. The smallest absolute Gasteiger partial charge is 0.325 e. The number of nitrogens with zero attached hydrogens (tertiary/aromatic N) is 6. The van der Waals surface area contributed by atoms with E-state index in [9.17, 15) is 9.59 Å². The Morgan fingerprint density at radius 1 is 1.24 bits per heavy atom. The van der Waals surface area contributed by atoms with Crippen LogP contribution in [0.25, 0.3) is 11.0 Å². The van der Waals surface area contributed by atoms with Gasteiger partial charge in [-0.15, -0.1) is 10.2 Å². The number of hydrogen-bond donors (Lipinski definition) is 2. The van der Waals surface area contributed by atoms with E-state index in [1.165, 1.54) is 16.7 Å². The number of rotatable bonds is 3. The molecule has 5 rings (SSSR count). The molecule has 1 fully saturated rings. The van der Waals surface area contributed by atoms with Crippen molar-refractivity contribution in [2.45, 2.75) is 30.8 Å². The molecule has 0 spiro atoms. The highest BCUT2D eigenvalue weighted by Crippen LogP contribution is 2.32. The van der Waals surface area contributed by atoms with Crippen LogP contribution < -0.4 is 5.32 Å². The number of carbonyl (C=O) groups is 2. The Hall–Kier alpha value is -3.41.